The highest BCUT2D eigenvalue weighted by Crippen LogP contribution is 2.67. The van der Waals surface area contributed by atoms with Crippen molar-refractivity contribution in [1.82, 2.24) is 19.5 Å². The summed E-state index contributed by atoms with van der Waals surface area (Å²) in [5.41, 5.74) is 4.85. The minimum Gasteiger partial charge on any atom is -0.387 e. The second-order valence-corrected chi connectivity index (χ2v) is 12.0. The zero-order chi connectivity index (χ0) is 26.2. The maximum absolute atomic E-state index is 12.1. The molecule has 0 amide bonds. The highest BCUT2D eigenvalue weighted by atomic mass is 127. The fraction of sp³-hybridized carbons (Fsp3) is 0.583. The molecular formula is C12H19IN5O14P3. The molecule has 0 bridgehead atoms. The zero-order valence-electron chi connectivity index (χ0n) is 17.3. The third-order valence-corrected chi connectivity index (χ3v) is 8.94. The molecule has 7 N–H and O–H groups in total. The van der Waals surface area contributed by atoms with Crippen molar-refractivity contribution in [3.05, 3.63) is 16.7 Å². The van der Waals surface area contributed by atoms with Gasteiger partial charge in [0.15, 0.2) is 17.4 Å². The number of phosphoric ester groups is 2. The van der Waals surface area contributed by atoms with Crippen molar-refractivity contribution in [3.63, 3.8) is 0 Å². The number of phosphoric acid groups is 3. The monoisotopic (exact) mass is 677 g/mol. The van der Waals surface area contributed by atoms with Crippen LogP contribution in [-0.4, -0.2) is 75.9 Å². The van der Waals surface area contributed by atoms with Crippen LogP contribution < -0.4 is 11.3 Å². The summed E-state index contributed by atoms with van der Waals surface area (Å²) in [6.45, 7) is -0.892. The smallest absolute Gasteiger partial charge is 0.387 e. The molecule has 198 valence electrons. The summed E-state index contributed by atoms with van der Waals surface area (Å²) in [5.74, 6) is -0.219. The number of ether oxygens (including phenoxy) is 2. The van der Waals surface area contributed by atoms with Gasteiger partial charge in [0.2, 0.25) is 5.95 Å². The van der Waals surface area contributed by atoms with Gasteiger partial charge in [-0.05, 0) is 0 Å². The fourth-order valence-corrected chi connectivity index (χ4v) is 6.64. The molecule has 35 heavy (non-hydrogen) atoms. The lowest BCUT2D eigenvalue weighted by molar-refractivity contribution is -0.0589. The molecule has 7 atom stereocenters. The third kappa shape index (κ3) is 6.93. The molecule has 7 unspecified atom stereocenters. The van der Waals surface area contributed by atoms with E-state index in [1.54, 1.807) is 0 Å². The van der Waals surface area contributed by atoms with Gasteiger partial charge in [0.25, 0.3) is 5.56 Å². The van der Waals surface area contributed by atoms with Crippen LogP contribution in [0.2, 0.25) is 0 Å². The number of H-pyrrole nitrogens is 1. The normalized spacial score (nSPS) is 27.9. The van der Waals surface area contributed by atoms with Crippen molar-refractivity contribution in [3.8, 4) is 0 Å². The lowest BCUT2D eigenvalue weighted by Crippen LogP contribution is -2.35. The molecule has 3 heterocycles. The molecule has 0 radical (unpaired) electrons. The van der Waals surface area contributed by atoms with Gasteiger partial charge in [-0.3, -0.25) is 23.4 Å². The number of nitrogen functional groups attached to an aromatic ring is 1. The number of halogens is 1. The first-order chi connectivity index (χ1) is 16.2. The Kier molecular flexibility index (Phi) is 8.93. The predicted molar refractivity (Wildman–Crippen MR) is 121 cm³/mol. The molecule has 0 aliphatic carbocycles. The molecule has 1 aliphatic heterocycles. The summed E-state index contributed by atoms with van der Waals surface area (Å²) < 4.78 is 63.8. The average Bonchev–Trinajstić information content (AvgIpc) is 3.27. The van der Waals surface area contributed by atoms with Crippen LogP contribution in [0.5, 0.6) is 0 Å². The van der Waals surface area contributed by atoms with Gasteiger partial charge in [-0.15, -0.1) is 0 Å². The molecule has 3 rings (SSSR count). The van der Waals surface area contributed by atoms with Gasteiger partial charge in [0.1, 0.15) is 18.3 Å². The van der Waals surface area contributed by atoms with Crippen LogP contribution in [0, 0.1) is 0 Å². The minimum absolute atomic E-state index is 0.00631. The number of aromatic amines is 1. The molecule has 1 fully saturated rings. The van der Waals surface area contributed by atoms with Crippen molar-refractivity contribution in [1.29, 1.82) is 0 Å². The predicted octanol–water partition coefficient (Wildman–Crippen LogP) is -0.265. The molecule has 1 aliphatic rings. The number of nitrogens with two attached hydrogens (primary N) is 1. The fourth-order valence-electron chi connectivity index (χ4n) is 2.96. The number of aromatic nitrogens is 4. The van der Waals surface area contributed by atoms with Gasteiger partial charge in [0.05, 0.1) is 17.5 Å². The van der Waals surface area contributed by atoms with Crippen molar-refractivity contribution in [2.75, 3.05) is 24.1 Å². The zero-order valence-corrected chi connectivity index (χ0v) is 22.2. The SMILES string of the molecule is COP(=O)(O)OP(=O)(O)OP(=O)(O)OCC1OC(n2cnc3c(=O)[nH]c(N)nc32)C(OCI)C1O. The number of alkyl halides is 1. The van der Waals surface area contributed by atoms with E-state index >= 15 is 0 Å². The van der Waals surface area contributed by atoms with E-state index in [1.807, 2.05) is 22.6 Å². The summed E-state index contributed by atoms with van der Waals surface area (Å²) in [5, 5.41) is 10.6. The van der Waals surface area contributed by atoms with Gasteiger partial charge in [0, 0.05) is 7.11 Å². The van der Waals surface area contributed by atoms with E-state index in [2.05, 4.69) is 32.6 Å². The van der Waals surface area contributed by atoms with Gasteiger partial charge in [-0.25, -0.2) is 18.7 Å². The second kappa shape index (κ2) is 10.9. The maximum Gasteiger partial charge on any atom is 0.490 e. The number of nitrogens with zero attached hydrogens (tertiary/aromatic N) is 3. The number of hydrogen-bond acceptors (Lipinski definition) is 14. The molecule has 19 nitrogen and oxygen atoms in total. The first-order valence-electron chi connectivity index (χ1n) is 9.03. The standard InChI is InChI=1S/C12H19IN5O14P3/c1-27-33(21,22)31-35(25,26)32-34(23,24)29-2-5-7(19)8(28-3-13)11(30-5)18-4-15-6-9(18)16-12(14)17-10(6)20/h4-5,7-8,11,19H,2-3H2,1H3,(H,21,22)(H,23,24)(H,25,26)(H3,14,16,17,20). The number of fused-ring (bicyclic) bond motifs is 1. The highest BCUT2D eigenvalue weighted by Gasteiger charge is 2.48. The summed E-state index contributed by atoms with van der Waals surface area (Å²) in [6.07, 6.45) is -3.97. The van der Waals surface area contributed by atoms with Crippen LogP contribution >= 0.6 is 46.1 Å². The number of aliphatic hydroxyl groups excluding tert-OH is 1. The summed E-state index contributed by atoms with van der Waals surface area (Å²) >= 11 is 1.85. The Labute approximate surface area is 208 Å². The molecule has 2 aromatic heterocycles. The molecule has 2 aromatic rings. The first kappa shape index (κ1) is 28.7. The van der Waals surface area contributed by atoms with Crippen LogP contribution in [0.3, 0.4) is 0 Å². The summed E-state index contributed by atoms with van der Waals surface area (Å²) in [7, 11) is -15.4. The van der Waals surface area contributed by atoms with Crippen molar-refractivity contribution < 1.29 is 60.6 Å². The van der Waals surface area contributed by atoms with Crippen molar-refractivity contribution in [2.45, 2.75) is 24.5 Å². The van der Waals surface area contributed by atoms with E-state index in [9.17, 15) is 33.4 Å². The Hall–Kier alpha value is -0.830. The maximum atomic E-state index is 12.1. The Morgan fingerprint density at radius 2 is 1.89 bits per heavy atom. The molecule has 0 saturated carbocycles. The summed E-state index contributed by atoms with van der Waals surface area (Å²) in [6, 6.07) is 0. The van der Waals surface area contributed by atoms with E-state index in [0.717, 1.165) is 0 Å². The highest BCUT2D eigenvalue weighted by molar-refractivity contribution is 14.1. The number of imidazole rings is 1. The Morgan fingerprint density at radius 3 is 2.51 bits per heavy atom. The van der Waals surface area contributed by atoms with Crippen molar-refractivity contribution in [2.24, 2.45) is 0 Å². The van der Waals surface area contributed by atoms with Gasteiger partial charge in [-0.1, -0.05) is 22.6 Å². The second-order valence-electron chi connectivity index (χ2n) is 6.62. The lowest BCUT2D eigenvalue weighted by Gasteiger charge is -2.21. The van der Waals surface area contributed by atoms with Gasteiger partial charge in [-0.2, -0.15) is 13.6 Å². The lowest BCUT2D eigenvalue weighted by atomic mass is 10.1. The Bertz CT molecular complexity index is 1270. The van der Waals surface area contributed by atoms with Crippen LogP contribution in [0.25, 0.3) is 11.2 Å². The number of hydrogen-bond donors (Lipinski definition) is 6. The van der Waals surface area contributed by atoms with Gasteiger partial charge >= 0.3 is 23.5 Å². The molecule has 0 spiro atoms. The first-order valence-corrected chi connectivity index (χ1v) is 15.0. The van der Waals surface area contributed by atoms with Crippen LogP contribution in [0.4, 0.5) is 5.95 Å². The van der Waals surface area contributed by atoms with E-state index in [-0.39, 0.29) is 21.7 Å². The third-order valence-electron chi connectivity index (χ3n) is 4.34. The summed E-state index contributed by atoms with van der Waals surface area (Å²) in [4.78, 5) is 50.4. The Balaban J connectivity index is 1.77. The topological polar surface area (TPSA) is 277 Å². The molecule has 23 heteroatoms. The molecule has 1 saturated heterocycles. The number of aliphatic hydroxyl groups is 1. The van der Waals surface area contributed by atoms with Crippen LogP contribution in [0.1, 0.15) is 6.23 Å². The average molecular weight is 677 g/mol. The van der Waals surface area contributed by atoms with Crippen LogP contribution in [-0.2, 0) is 40.8 Å². The number of nitrogens with one attached hydrogen (secondary N) is 1. The molecular weight excluding hydrogens is 658 g/mol. The van der Waals surface area contributed by atoms with E-state index < -0.39 is 60.2 Å². The number of rotatable bonds is 11. The largest absolute Gasteiger partial charge is 0.490 e. The quantitative estimate of drug-likeness (QED) is 0.101. The number of anilines is 1. The minimum atomic E-state index is -5.61. The van der Waals surface area contributed by atoms with E-state index in [4.69, 9.17) is 20.1 Å². The van der Waals surface area contributed by atoms with E-state index in [0.29, 0.717) is 7.11 Å². The molecule has 0 aromatic carbocycles. The van der Waals surface area contributed by atoms with E-state index in [1.165, 1.54) is 10.9 Å². The Morgan fingerprint density at radius 1 is 1.23 bits per heavy atom. The van der Waals surface area contributed by atoms with Crippen LogP contribution in [0.15, 0.2) is 11.1 Å². The van der Waals surface area contributed by atoms with Crippen molar-refractivity contribution >= 4 is 63.2 Å². The van der Waals surface area contributed by atoms with Gasteiger partial charge < -0.3 is 35.0 Å².